The van der Waals surface area contributed by atoms with Gasteiger partial charge in [0, 0.05) is 48.8 Å². The smallest absolute Gasteiger partial charge is 0.407 e. The molecule has 4 atom stereocenters. The lowest BCUT2D eigenvalue weighted by Gasteiger charge is -2.47. The first-order valence-corrected chi connectivity index (χ1v) is 34.5. The lowest BCUT2D eigenvalue weighted by atomic mass is 9.61. The molecule has 2 aliphatic rings. The van der Waals surface area contributed by atoms with Crippen molar-refractivity contribution in [3.63, 3.8) is 0 Å². The Balaban J connectivity index is 0.0000245. The Morgan fingerprint density at radius 1 is 0.600 bits per heavy atom. The number of esters is 3. The molecule has 4 unspecified atom stereocenters. The first-order chi connectivity index (χ1) is 31.6. The van der Waals surface area contributed by atoms with Crippen LogP contribution in [0.15, 0.2) is 24.3 Å². The zero-order valence-electron chi connectivity index (χ0n) is 45.0. The Morgan fingerprint density at radius 3 is 1.66 bits per heavy atom. The minimum absolute atomic E-state index is 0. The monoisotopic (exact) mass is 1040 g/mol. The number of nitrogens with one attached hydrogen (secondary N) is 3. The quantitative estimate of drug-likeness (QED) is 0.0220. The SMILES string of the molecule is C.C=C(C)C(=O)OCCOC(=O)CCC1(C)CC(NC(=O)OCCOCCC[Si](C)(C)O[Si](C)(C)C[Si](C)(C)CC(=O)NC2CC(C)(C)CC(C)(CNC(=O)OCCOC(=O)C(=C)C)C2)CC(C)(C)C1. The zero-order chi connectivity index (χ0) is 52.5. The predicted octanol–water partition coefficient (Wildman–Crippen LogP) is 10.0. The molecular weight excluding hydrogens is 947 g/mol. The molecule has 0 aromatic carbocycles. The van der Waals surface area contributed by atoms with Crippen LogP contribution in [0.3, 0.4) is 0 Å². The molecule has 0 bridgehead atoms. The number of amides is 3. The van der Waals surface area contributed by atoms with Gasteiger partial charge < -0.3 is 48.5 Å². The summed E-state index contributed by atoms with van der Waals surface area (Å²) in [6.07, 6.45) is 5.52. The number of alkyl carbamates (subject to hydrolysis) is 2. The van der Waals surface area contributed by atoms with Gasteiger partial charge in [0.1, 0.15) is 33.0 Å². The molecule has 0 aromatic rings. The van der Waals surface area contributed by atoms with Crippen LogP contribution >= 0.6 is 0 Å². The van der Waals surface area contributed by atoms with Crippen molar-refractivity contribution in [2.75, 3.05) is 52.8 Å². The normalized spacial score (nSPS) is 22.0. The Kier molecular flexibility index (Phi) is 25.9. The zero-order valence-corrected chi connectivity index (χ0v) is 48.0. The Hall–Kier alpha value is -3.53. The van der Waals surface area contributed by atoms with E-state index in [0.717, 1.165) is 50.2 Å². The minimum Gasteiger partial charge on any atom is -0.462 e. The Labute approximate surface area is 424 Å². The van der Waals surface area contributed by atoms with Crippen molar-refractivity contribution in [3.8, 4) is 0 Å². The van der Waals surface area contributed by atoms with Crippen LogP contribution in [0, 0.1) is 21.7 Å². The minimum atomic E-state index is -2.12. The average molecular weight is 1040 g/mol. The third-order valence-electron chi connectivity index (χ3n) is 12.6. The van der Waals surface area contributed by atoms with E-state index in [1.54, 1.807) is 13.8 Å². The van der Waals surface area contributed by atoms with Crippen LogP contribution in [0.2, 0.25) is 57.0 Å². The van der Waals surface area contributed by atoms with Crippen LogP contribution in [0.4, 0.5) is 9.59 Å². The van der Waals surface area contributed by atoms with E-state index in [1.165, 1.54) is 0 Å². The second-order valence-electron chi connectivity index (χ2n) is 24.3. The molecule has 2 fully saturated rings. The number of carbonyl (C=O) groups excluding carboxylic acids is 6. The highest BCUT2D eigenvalue weighted by Gasteiger charge is 2.44. The molecule has 3 amide bonds. The fraction of sp³-hybridized carbons (Fsp3) is 0.804. The van der Waals surface area contributed by atoms with Gasteiger partial charge in [-0.2, -0.15) is 0 Å². The van der Waals surface area contributed by atoms with E-state index in [1.807, 2.05) is 0 Å². The van der Waals surface area contributed by atoms with Gasteiger partial charge in [-0.3, -0.25) is 9.59 Å². The van der Waals surface area contributed by atoms with E-state index in [-0.39, 0.29) is 104 Å². The summed E-state index contributed by atoms with van der Waals surface area (Å²) in [4.78, 5) is 74.4. The molecule has 0 heterocycles. The maximum absolute atomic E-state index is 13.7. The van der Waals surface area contributed by atoms with E-state index in [0.29, 0.717) is 38.6 Å². The summed E-state index contributed by atoms with van der Waals surface area (Å²) < 4.78 is 38.8. The largest absolute Gasteiger partial charge is 0.462 e. The molecule has 2 rings (SSSR count). The van der Waals surface area contributed by atoms with Gasteiger partial charge in [-0.1, -0.05) is 75.2 Å². The van der Waals surface area contributed by atoms with Gasteiger partial charge in [0.2, 0.25) is 5.91 Å². The van der Waals surface area contributed by atoms with Crippen molar-refractivity contribution in [2.45, 2.75) is 190 Å². The van der Waals surface area contributed by atoms with E-state index in [9.17, 15) is 28.8 Å². The van der Waals surface area contributed by atoms with Gasteiger partial charge >= 0.3 is 30.1 Å². The molecule has 404 valence electrons. The van der Waals surface area contributed by atoms with Crippen LogP contribution in [-0.4, -0.2) is 126 Å². The summed E-state index contributed by atoms with van der Waals surface area (Å²) in [6, 6.07) is 1.34. The number of ether oxygens (including phenoxy) is 6. The number of rotatable bonds is 28. The third kappa shape index (κ3) is 26.8. The molecule has 0 aromatic heterocycles. The predicted molar refractivity (Wildman–Crippen MR) is 283 cm³/mol. The van der Waals surface area contributed by atoms with Crippen molar-refractivity contribution < 1.29 is 61.3 Å². The number of hydrogen-bond donors (Lipinski definition) is 3. The van der Waals surface area contributed by atoms with Crippen LogP contribution < -0.4 is 16.0 Å². The van der Waals surface area contributed by atoms with E-state index >= 15 is 0 Å². The van der Waals surface area contributed by atoms with Gasteiger partial charge in [-0.25, -0.2) is 19.2 Å². The van der Waals surface area contributed by atoms with Crippen LogP contribution in [0.25, 0.3) is 0 Å². The summed E-state index contributed by atoms with van der Waals surface area (Å²) in [5, 5.41) is 9.31. The molecule has 2 saturated carbocycles. The Bertz CT molecular complexity index is 1790. The summed E-state index contributed by atoms with van der Waals surface area (Å²) in [5.74, 6) is -1.31. The van der Waals surface area contributed by atoms with Gasteiger partial charge in [0.15, 0.2) is 16.6 Å². The Morgan fingerprint density at radius 2 is 1.09 bits per heavy atom. The standard InChI is InChI=1S/C50H91N3O13Si3.CH4/c1-37(2)43(56)62-24-23-61-42(55)18-19-49(9)30-40(29-47(5,6)33-49)53-46(59)65-22-21-60-20-17-27-68(13,14)66-69(15,16)36-67(11,12)32-41(54)52-39-28-48(7,8)34-50(10,31-39)35-51-45(58)64-26-25-63-44(57)38(3)4;/h39-40H,1,3,17-36H2,2,4-16H3,(H,51,58)(H,52,54)(H,53,59);1H4. The summed E-state index contributed by atoms with van der Waals surface area (Å²) in [7, 11) is -6.15. The lowest BCUT2D eigenvalue weighted by Crippen LogP contribution is -2.52. The summed E-state index contributed by atoms with van der Waals surface area (Å²) >= 11 is 0. The molecule has 0 aliphatic heterocycles. The highest BCUT2D eigenvalue weighted by Crippen LogP contribution is 2.49. The summed E-state index contributed by atoms with van der Waals surface area (Å²) in [6.45, 7) is 38.1. The van der Waals surface area contributed by atoms with Crippen LogP contribution in [0.1, 0.15) is 121 Å². The molecule has 2 aliphatic carbocycles. The molecule has 3 N–H and O–H groups in total. The van der Waals surface area contributed by atoms with E-state index in [4.69, 9.17) is 32.5 Å². The molecule has 70 heavy (non-hydrogen) atoms. The highest BCUT2D eigenvalue weighted by atomic mass is 28.4. The maximum Gasteiger partial charge on any atom is 0.407 e. The topological polar surface area (TPSA) is 203 Å². The van der Waals surface area contributed by atoms with Crippen molar-refractivity contribution in [1.82, 2.24) is 16.0 Å². The molecule has 0 spiro atoms. The molecule has 0 saturated heterocycles. The van der Waals surface area contributed by atoms with Gasteiger partial charge in [0.05, 0.1) is 14.7 Å². The maximum atomic E-state index is 13.7. The first kappa shape index (κ1) is 64.5. The first-order valence-electron chi connectivity index (χ1n) is 24.9. The second-order valence-corrected chi connectivity index (χ2v) is 38.7. The van der Waals surface area contributed by atoms with Gasteiger partial charge in [-0.05, 0) is 125 Å². The van der Waals surface area contributed by atoms with Crippen LogP contribution in [0.5, 0.6) is 0 Å². The average Bonchev–Trinajstić information content (AvgIpc) is 3.16. The molecule has 0 radical (unpaired) electrons. The second kappa shape index (κ2) is 28.1. The van der Waals surface area contributed by atoms with Gasteiger partial charge in [-0.15, -0.1) is 0 Å². The van der Waals surface area contributed by atoms with E-state index in [2.05, 4.69) is 110 Å². The number of hydrogen-bond acceptors (Lipinski definition) is 13. The third-order valence-corrected chi connectivity index (χ3v) is 27.1. The molecular formula is C51H95N3O13Si3. The number of carbonyl (C=O) groups is 6. The lowest BCUT2D eigenvalue weighted by molar-refractivity contribution is -0.150. The van der Waals surface area contributed by atoms with Crippen molar-refractivity contribution >= 4 is 60.7 Å². The van der Waals surface area contributed by atoms with Gasteiger partial charge in [0.25, 0.3) is 0 Å². The fourth-order valence-electron chi connectivity index (χ4n) is 11.3. The molecule has 16 nitrogen and oxygen atoms in total. The van der Waals surface area contributed by atoms with Crippen LogP contribution in [-0.2, 0) is 51.7 Å². The van der Waals surface area contributed by atoms with Crippen molar-refractivity contribution in [1.29, 1.82) is 0 Å². The fourth-order valence-corrected chi connectivity index (χ4v) is 30.3. The highest BCUT2D eigenvalue weighted by molar-refractivity contribution is 6.97. The summed E-state index contributed by atoms with van der Waals surface area (Å²) in [5.41, 5.74) is 1.02. The van der Waals surface area contributed by atoms with Crippen molar-refractivity contribution in [3.05, 3.63) is 24.3 Å². The van der Waals surface area contributed by atoms with E-state index < -0.39 is 48.8 Å². The molecule has 19 heteroatoms. The van der Waals surface area contributed by atoms with Crippen molar-refractivity contribution in [2.24, 2.45) is 21.7 Å².